The number of nitrogens with zero attached hydrogens (tertiary/aromatic N) is 2. The molecule has 4 N–H and O–H groups in total. The Morgan fingerprint density at radius 3 is 2.85 bits per heavy atom. The van der Waals surface area contributed by atoms with Crippen LogP contribution < -0.4 is 11.1 Å². The highest BCUT2D eigenvalue weighted by Gasteiger charge is 2.35. The number of nitrogens with one attached hydrogen (secondary N) is 1. The Morgan fingerprint density at radius 1 is 1.50 bits per heavy atom. The van der Waals surface area contributed by atoms with Crippen molar-refractivity contribution in [1.29, 1.82) is 0 Å². The topological polar surface area (TPSA) is 126 Å². The van der Waals surface area contributed by atoms with E-state index in [9.17, 15) is 14.4 Å². The molecule has 106 valence electrons. The second-order valence-electron chi connectivity index (χ2n) is 4.38. The third kappa shape index (κ3) is 2.85. The molecular weight excluding hydrogens is 264 g/mol. The van der Waals surface area contributed by atoms with Crippen LogP contribution in [0.2, 0.25) is 0 Å². The molecule has 8 nitrogen and oxygen atoms in total. The smallest absolute Gasteiger partial charge is 0.305 e. The summed E-state index contributed by atoms with van der Waals surface area (Å²) < 4.78 is 0. The first kappa shape index (κ1) is 13.8. The zero-order chi connectivity index (χ0) is 14.7. The molecule has 8 heteroatoms. The monoisotopic (exact) mass is 278 g/mol. The zero-order valence-electron chi connectivity index (χ0n) is 10.6. The van der Waals surface area contributed by atoms with Crippen molar-refractivity contribution in [3.05, 3.63) is 24.0 Å². The van der Waals surface area contributed by atoms with Crippen LogP contribution in [-0.2, 0) is 9.59 Å². The number of hydrogen-bond acceptors (Lipinski definition) is 5. The number of nitrogen functional groups attached to an aromatic ring is 1. The average Bonchev–Trinajstić information content (AvgIpc) is 2.41. The fraction of sp³-hybridized carbons (Fsp3) is 0.333. The summed E-state index contributed by atoms with van der Waals surface area (Å²) in [7, 11) is 0. The summed E-state index contributed by atoms with van der Waals surface area (Å²) in [5.74, 6) is -2.09. The third-order valence-corrected chi connectivity index (χ3v) is 2.97. The van der Waals surface area contributed by atoms with Gasteiger partial charge in [-0.25, -0.2) is 4.98 Å². The number of pyridine rings is 1. The van der Waals surface area contributed by atoms with E-state index in [0.717, 1.165) is 0 Å². The highest BCUT2D eigenvalue weighted by atomic mass is 16.4. The maximum Gasteiger partial charge on any atom is 0.305 e. The van der Waals surface area contributed by atoms with Gasteiger partial charge in [-0.05, 0) is 12.1 Å². The van der Waals surface area contributed by atoms with Gasteiger partial charge in [0.2, 0.25) is 5.91 Å². The molecule has 1 saturated heterocycles. The lowest BCUT2D eigenvalue weighted by Crippen LogP contribution is -2.57. The van der Waals surface area contributed by atoms with Gasteiger partial charge in [-0.3, -0.25) is 14.4 Å². The number of aromatic nitrogens is 1. The Labute approximate surface area is 114 Å². The highest BCUT2D eigenvalue weighted by molar-refractivity contribution is 5.98. The Morgan fingerprint density at radius 2 is 2.25 bits per heavy atom. The van der Waals surface area contributed by atoms with Crippen LogP contribution >= 0.6 is 0 Å². The van der Waals surface area contributed by atoms with Gasteiger partial charge >= 0.3 is 5.97 Å². The largest absolute Gasteiger partial charge is 0.481 e. The molecule has 2 heterocycles. The van der Waals surface area contributed by atoms with Gasteiger partial charge in [-0.2, -0.15) is 0 Å². The molecule has 1 aliphatic rings. The molecule has 0 saturated carbocycles. The third-order valence-electron chi connectivity index (χ3n) is 2.97. The first-order valence-electron chi connectivity index (χ1n) is 6.01. The van der Waals surface area contributed by atoms with Crippen molar-refractivity contribution in [2.45, 2.75) is 12.5 Å². The molecule has 20 heavy (non-hydrogen) atoms. The van der Waals surface area contributed by atoms with E-state index >= 15 is 0 Å². The van der Waals surface area contributed by atoms with Crippen molar-refractivity contribution in [3.63, 3.8) is 0 Å². The SMILES string of the molecule is Nc1ccc(C(=O)N2CCNC(=O)C2CC(=O)O)nc1. The number of hydrogen-bond donors (Lipinski definition) is 3. The molecule has 1 aromatic rings. The molecule has 2 amide bonds. The van der Waals surface area contributed by atoms with Gasteiger partial charge in [0.15, 0.2) is 0 Å². The van der Waals surface area contributed by atoms with E-state index in [0.29, 0.717) is 5.69 Å². The molecule has 1 atom stereocenters. The van der Waals surface area contributed by atoms with Crippen molar-refractivity contribution < 1.29 is 19.5 Å². The predicted octanol–water partition coefficient (Wildman–Crippen LogP) is -0.921. The number of amides is 2. The Balaban J connectivity index is 2.23. The van der Waals surface area contributed by atoms with E-state index in [-0.39, 0.29) is 18.8 Å². The number of carbonyl (C=O) groups is 3. The maximum absolute atomic E-state index is 12.3. The van der Waals surface area contributed by atoms with E-state index in [2.05, 4.69) is 10.3 Å². The van der Waals surface area contributed by atoms with Gasteiger partial charge in [-0.15, -0.1) is 0 Å². The fourth-order valence-electron chi connectivity index (χ4n) is 2.01. The Bertz CT molecular complexity index is 543. The lowest BCUT2D eigenvalue weighted by atomic mass is 10.1. The second kappa shape index (κ2) is 5.55. The summed E-state index contributed by atoms with van der Waals surface area (Å²) in [5.41, 5.74) is 6.04. The molecular formula is C12H14N4O4. The summed E-state index contributed by atoms with van der Waals surface area (Å²) in [4.78, 5) is 40.0. The lowest BCUT2D eigenvalue weighted by Gasteiger charge is -2.34. The fourth-order valence-corrected chi connectivity index (χ4v) is 2.01. The quantitative estimate of drug-likeness (QED) is 0.656. The van der Waals surface area contributed by atoms with Gasteiger partial charge < -0.3 is 21.1 Å². The molecule has 1 aromatic heterocycles. The van der Waals surface area contributed by atoms with Crippen LogP contribution in [0, 0.1) is 0 Å². The number of carboxylic acids is 1. The Hall–Kier alpha value is -2.64. The number of anilines is 1. The number of carboxylic acid groups (broad SMARTS) is 1. The maximum atomic E-state index is 12.3. The minimum absolute atomic E-state index is 0.129. The molecule has 1 unspecified atom stereocenters. The molecule has 2 rings (SSSR count). The van der Waals surface area contributed by atoms with E-state index in [1.165, 1.54) is 23.2 Å². The summed E-state index contributed by atoms with van der Waals surface area (Å²) >= 11 is 0. The molecule has 0 aromatic carbocycles. The predicted molar refractivity (Wildman–Crippen MR) is 68.7 cm³/mol. The van der Waals surface area contributed by atoms with E-state index in [1.807, 2.05) is 0 Å². The zero-order valence-corrected chi connectivity index (χ0v) is 10.6. The van der Waals surface area contributed by atoms with Gasteiger partial charge in [0.1, 0.15) is 11.7 Å². The molecule has 0 bridgehead atoms. The highest BCUT2D eigenvalue weighted by Crippen LogP contribution is 2.13. The second-order valence-corrected chi connectivity index (χ2v) is 4.38. The van der Waals surface area contributed by atoms with Crippen molar-refractivity contribution >= 4 is 23.5 Å². The summed E-state index contributed by atoms with van der Waals surface area (Å²) in [6.07, 6.45) is 0.899. The normalized spacial score (nSPS) is 18.5. The van der Waals surface area contributed by atoms with E-state index < -0.39 is 30.2 Å². The number of carbonyl (C=O) groups excluding carboxylic acids is 2. The van der Waals surface area contributed by atoms with Gasteiger partial charge in [0.25, 0.3) is 5.91 Å². The van der Waals surface area contributed by atoms with E-state index in [4.69, 9.17) is 10.8 Å². The van der Waals surface area contributed by atoms with Crippen molar-refractivity contribution in [2.75, 3.05) is 18.8 Å². The number of piperazine rings is 1. The molecule has 0 radical (unpaired) electrons. The molecule has 0 aliphatic carbocycles. The van der Waals surface area contributed by atoms with Gasteiger partial charge in [-0.1, -0.05) is 0 Å². The van der Waals surface area contributed by atoms with Crippen LogP contribution in [0.5, 0.6) is 0 Å². The van der Waals surface area contributed by atoms with Gasteiger partial charge in [0.05, 0.1) is 18.3 Å². The van der Waals surface area contributed by atoms with Crippen molar-refractivity contribution in [2.24, 2.45) is 0 Å². The number of rotatable bonds is 3. The average molecular weight is 278 g/mol. The molecule has 0 spiro atoms. The van der Waals surface area contributed by atoms with Crippen molar-refractivity contribution in [3.8, 4) is 0 Å². The summed E-state index contributed by atoms with van der Waals surface area (Å²) in [6, 6.07) is 1.95. The Kier molecular flexibility index (Phi) is 3.83. The minimum atomic E-state index is -1.14. The van der Waals surface area contributed by atoms with E-state index in [1.54, 1.807) is 0 Å². The number of aliphatic carboxylic acids is 1. The van der Waals surface area contributed by atoms with Crippen molar-refractivity contribution in [1.82, 2.24) is 15.2 Å². The van der Waals surface area contributed by atoms with Crippen LogP contribution in [-0.4, -0.2) is 51.9 Å². The molecule has 1 aliphatic heterocycles. The summed E-state index contributed by atoms with van der Waals surface area (Å²) in [6.45, 7) is 0.532. The first-order valence-corrected chi connectivity index (χ1v) is 6.01. The standard InChI is InChI=1S/C12H14N4O4/c13-7-1-2-8(15-6-7)12(20)16-4-3-14-11(19)9(16)5-10(17)18/h1-2,6,9H,3-5,13H2,(H,14,19)(H,17,18). The van der Waals surface area contributed by atoms with Crippen LogP contribution in [0.1, 0.15) is 16.9 Å². The molecule has 1 fully saturated rings. The van der Waals surface area contributed by atoms with Crippen LogP contribution in [0.25, 0.3) is 0 Å². The lowest BCUT2D eigenvalue weighted by molar-refractivity contribution is -0.142. The van der Waals surface area contributed by atoms with Crippen LogP contribution in [0.4, 0.5) is 5.69 Å². The van der Waals surface area contributed by atoms with Gasteiger partial charge in [0, 0.05) is 13.1 Å². The van der Waals surface area contributed by atoms with Crippen LogP contribution in [0.3, 0.4) is 0 Å². The number of nitrogens with two attached hydrogens (primary N) is 1. The summed E-state index contributed by atoms with van der Waals surface area (Å²) in [5, 5.41) is 11.4. The first-order chi connectivity index (χ1) is 9.49. The minimum Gasteiger partial charge on any atom is -0.481 e. The van der Waals surface area contributed by atoms with Crippen LogP contribution in [0.15, 0.2) is 18.3 Å².